The summed E-state index contributed by atoms with van der Waals surface area (Å²) in [7, 11) is 2.12. The molecule has 2 aromatic rings. The molecule has 3 rings (SSSR count). The van der Waals surface area contributed by atoms with E-state index in [1.165, 1.54) is 0 Å². The normalized spacial score (nSPS) is 15.1. The molecule has 1 aliphatic rings. The number of anilines is 2. The Bertz CT molecular complexity index is 1180. The predicted molar refractivity (Wildman–Crippen MR) is 144 cm³/mol. The van der Waals surface area contributed by atoms with E-state index in [0.717, 1.165) is 37.4 Å². The molecule has 4 N–H and O–H groups in total. The summed E-state index contributed by atoms with van der Waals surface area (Å²) in [6.45, 7) is 8.09. The van der Waals surface area contributed by atoms with Crippen molar-refractivity contribution >= 4 is 23.1 Å². The minimum atomic E-state index is -0.413. The minimum Gasteiger partial charge on any atom is -0.481 e. The number of nitrogens with zero attached hydrogens (tertiary/aromatic N) is 3. The molecule has 0 aromatic heterocycles. The third-order valence-electron chi connectivity index (χ3n) is 5.64. The lowest BCUT2D eigenvalue weighted by atomic mass is 10.1. The van der Waals surface area contributed by atoms with Gasteiger partial charge in [-0.3, -0.25) is 4.79 Å². The molecule has 1 saturated heterocycles. The van der Waals surface area contributed by atoms with Crippen molar-refractivity contribution in [2.45, 2.75) is 13.8 Å². The number of amides is 1. The molecule has 0 saturated carbocycles. The summed E-state index contributed by atoms with van der Waals surface area (Å²) in [5.74, 6) is 6.18. The molecule has 1 aliphatic heterocycles. The van der Waals surface area contributed by atoms with Crippen molar-refractivity contribution in [1.29, 1.82) is 0 Å². The molecule has 182 valence electrons. The van der Waals surface area contributed by atoms with Gasteiger partial charge in [0.2, 0.25) is 0 Å². The molecule has 0 bridgehead atoms. The number of aliphatic imine (C=N–C) groups is 1. The SMILES string of the molecule is C/C=C\C=C(/C)C#CCOc1ccc(C(N)=NC(=O)c2ccc(N3CCN(C)CC3)cc2)c(N)c1. The fourth-order valence-corrected chi connectivity index (χ4v) is 3.55. The quantitative estimate of drug-likeness (QED) is 0.220. The van der Waals surface area contributed by atoms with Gasteiger partial charge in [0, 0.05) is 54.7 Å². The maximum absolute atomic E-state index is 12.7. The Morgan fingerprint density at radius 3 is 2.51 bits per heavy atom. The van der Waals surface area contributed by atoms with Crippen LogP contribution in [0.3, 0.4) is 0 Å². The number of likely N-dealkylation sites (N-methyl/N-ethyl adjacent to an activating group) is 1. The first kappa shape index (κ1) is 25.6. The standard InChI is InChI=1S/C28H33N5O2/c1-4-5-7-21(2)8-6-19-35-24-13-14-25(26(29)20-24)27(30)31-28(34)22-9-11-23(12-10-22)33-17-15-32(3)16-18-33/h4-5,7,9-14,20H,15-19,29H2,1-3H3,(H2,30,31,34)/b5-4-,21-7+. The van der Waals surface area contributed by atoms with Gasteiger partial charge in [0.1, 0.15) is 18.2 Å². The largest absolute Gasteiger partial charge is 0.481 e. The minimum absolute atomic E-state index is 0.0618. The molecule has 1 fully saturated rings. The topological polar surface area (TPSA) is 97.2 Å². The summed E-state index contributed by atoms with van der Waals surface area (Å²) >= 11 is 0. The number of hydrogen-bond donors (Lipinski definition) is 2. The van der Waals surface area contributed by atoms with Crippen molar-refractivity contribution in [3.05, 3.63) is 77.4 Å². The van der Waals surface area contributed by atoms with Gasteiger partial charge in [-0.05, 0) is 62.9 Å². The van der Waals surface area contributed by atoms with Crippen LogP contribution in [0.15, 0.2) is 71.3 Å². The molecule has 7 heteroatoms. The van der Waals surface area contributed by atoms with Crippen LogP contribution in [0.5, 0.6) is 5.75 Å². The van der Waals surface area contributed by atoms with Gasteiger partial charge in [0.05, 0.1) is 0 Å². The molecule has 1 amide bonds. The number of nitrogens with two attached hydrogens (primary N) is 2. The predicted octanol–water partition coefficient (Wildman–Crippen LogP) is 3.47. The van der Waals surface area contributed by atoms with E-state index in [2.05, 4.69) is 33.7 Å². The van der Waals surface area contributed by atoms with Gasteiger partial charge in [-0.15, -0.1) is 0 Å². The van der Waals surface area contributed by atoms with Crippen molar-refractivity contribution in [2.24, 2.45) is 10.7 Å². The number of benzene rings is 2. The molecule has 7 nitrogen and oxygen atoms in total. The molecule has 0 spiro atoms. The Balaban J connectivity index is 1.61. The Hall–Kier alpha value is -4.02. The van der Waals surface area contributed by atoms with Crippen LogP contribution in [0, 0.1) is 11.8 Å². The second kappa shape index (κ2) is 12.4. The highest BCUT2D eigenvalue weighted by Crippen LogP contribution is 2.21. The number of carbonyl (C=O) groups is 1. The molecular weight excluding hydrogens is 438 g/mol. The Morgan fingerprint density at radius 2 is 1.86 bits per heavy atom. The molecular formula is C28H33N5O2. The van der Waals surface area contributed by atoms with Crippen LogP contribution in [-0.2, 0) is 0 Å². The zero-order chi connectivity index (χ0) is 25.2. The van der Waals surface area contributed by atoms with E-state index < -0.39 is 5.91 Å². The van der Waals surface area contributed by atoms with Crippen LogP contribution in [0.4, 0.5) is 11.4 Å². The molecule has 1 heterocycles. The van der Waals surface area contributed by atoms with E-state index in [1.807, 2.05) is 44.2 Å². The summed E-state index contributed by atoms with van der Waals surface area (Å²) in [5.41, 5.74) is 15.6. The lowest BCUT2D eigenvalue weighted by Gasteiger charge is -2.34. The third-order valence-corrected chi connectivity index (χ3v) is 5.64. The summed E-state index contributed by atoms with van der Waals surface area (Å²) < 4.78 is 5.64. The highest BCUT2D eigenvalue weighted by Gasteiger charge is 2.15. The van der Waals surface area contributed by atoms with Gasteiger partial charge >= 0.3 is 0 Å². The third kappa shape index (κ3) is 7.49. The van der Waals surface area contributed by atoms with Crippen LogP contribution in [0.2, 0.25) is 0 Å². The molecule has 0 radical (unpaired) electrons. The van der Waals surface area contributed by atoms with E-state index >= 15 is 0 Å². The highest BCUT2D eigenvalue weighted by molar-refractivity contribution is 6.11. The lowest BCUT2D eigenvalue weighted by Crippen LogP contribution is -2.44. The second-order valence-corrected chi connectivity index (χ2v) is 8.35. The van der Waals surface area contributed by atoms with Crippen LogP contribution >= 0.6 is 0 Å². The van der Waals surface area contributed by atoms with Gasteiger partial charge < -0.3 is 26.0 Å². The van der Waals surface area contributed by atoms with E-state index in [1.54, 1.807) is 30.3 Å². The van der Waals surface area contributed by atoms with Gasteiger partial charge in [0.15, 0.2) is 0 Å². The smallest absolute Gasteiger partial charge is 0.278 e. The number of piperazine rings is 1. The summed E-state index contributed by atoms with van der Waals surface area (Å²) in [4.78, 5) is 21.3. The van der Waals surface area contributed by atoms with Gasteiger partial charge in [-0.25, -0.2) is 0 Å². The van der Waals surface area contributed by atoms with E-state index in [-0.39, 0.29) is 12.4 Å². The number of allylic oxidation sites excluding steroid dienone is 4. The molecule has 2 aromatic carbocycles. The molecule has 0 aliphatic carbocycles. The Kier molecular flexibility index (Phi) is 9.10. The molecule has 0 unspecified atom stereocenters. The van der Waals surface area contributed by atoms with Crippen molar-refractivity contribution in [3.63, 3.8) is 0 Å². The van der Waals surface area contributed by atoms with Gasteiger partial charge in [0.25, 0.3) is 5.91 Å². The Labute approximate surface area is 207 Å². The average molecular weight is 472 g/mol. The van der Waals surface area contributed by atoms with Crippen LogP contribution < -0.4 is 21.1 Å². The van der Waals surface area contributed by atoms with Gasteiger partial charge in [-0.2, -0.15) is 4.99 Å². The van der Waals surface area contributed by atoms with Crippen molar-refractivity contribution in [2.75, 3.05) is 50.5 Å². The van der Waals surface area contributed by atoms with Crippen molar-refractivity contribution < 1.29 is 9.53 Å². The van der Waals surface area contributed by atoms with Crippen molar-refractivity contribution in [1.82, 2.24) is 4.90 Å². The monoisotopic (exact) mass is 471 g/mol. The number of nitrogen functional groups attached to an aromatic ring is 1. The van der Waals surface area contributed by atoms with Crippen LogP contribution in [0.25, 0.3) is 0 Å². The number of rotatable bonds is 6. The summed E-state index contributed by atoms with van der Waals surface area (Å²) in [6, 6.07) is 12.5. The number of hydrogen-bond acceptors (Lipinski definition) is 5. The van der Waals surface area contributed by atoms with E-state index in [9.17, 15) is 4.79 Å². The number of carbonyl (C=O) groups excluding carboxylic acids is 1. The van der Waals surface area contributed by atoms with E-state index in [4.69, 9.17) is 16.2 Å². The average Bonchev–Trinajstić information content (AvgIpc) is 2.86. The molecule has 0 atom stereocenters. The Morgan fingerprint density at radius 1 is 1.14 bits per heavy atom. The van der Waals surface area contributed by atoms with E-state index in [0.29, 0.717) is 22.6 Å². The highest BCUT2D eigenvalue weighted by atomic mass is 16.5. The first-order valence-corrected chi connectivity index (χ1v) is 11.6. The summed E-state index contributed by atoms with van der Waals surface area (Å²) in [5, 5.41) is 0. The van der Waals surface area contributed by atoms with Crippen LogP contribution in [0.1, 0.15) is 29.8 Å². The maximum Gasteiger partial charge on any atom is 0.278 e. The first-order valence-electron chi connectivity index (χ1n) is 11.6. The van der Waals surface area contributed by atoms with Gasteiger partial charge in [-0.1, -0.05) is 30.1 Å². The maximum atomic E-state index is 12.7. The molecule has 35 heavy (non-hydrogen) atoms. The lowest BCUT2D eigenvalue weighted by molar-refractivity contribution is 0.100. The zero-order valence-electron chi connectivity index (χ0n) is 20.6. The zero-order valence-corrected chi connectivity index (χ0v) is 20.6. The first-order chi connectivity index (χ1) is 16.9. The van der Waals surface area contributed by atoms with Crippen LogP contribution in [-0.4, -0.2) is 56.5 Å². The number of ether oxygens (including phenoxy) is 1. The van der Waals surface area contributed by atoms with Crippen molar-refractivity contribution in [3.8, 4) is 17.6 Å². The fourth-order valence-electron chi connectivity index (χ4n) is 3.55. The fraction of sp³-hybridized carbons (Fsp3) is 0.286. The number of amidine groups is 1. The summed E-state index contributed by atoms with van der Waals surface area (Å²) in [6.07, 6.45) is 5.81. The second-order valence-electron chi connectivity index (χ2n) is 8.35.